The third-order valence-corrected chi connectivity index (χ3v) is 5.76. The molecule has 0 saturated carbocycles. The van der Waals surface area contributed by atoms with Gasteiger partial charge in [-0.15, -0.1) is 0 Å². The second-order valence-corrected chi connectivity index (χ2v) is 7.88. The maximum atomic E-state index is 5.48. The highest BCUT2D eigenvalue weighted by molar-refractivity contribution is 5.05. The summed E-state index contributed by atoms with van der Waals surface area (Å²) in [4.78, 5) is 5.26. The highest BCUT2D eigenvalue weighted by Gasteiger charge is 2.45. The van der Waals surface area contributed by atoms with Crippen molar-refractivity contribution in [2.24, 2.45) is 12.5 Å². The molecule has 0 aromatic carbocycles. The molecule has 0 aliphatic carbocycles. The highest BCUT2D eigenvalue weighted by atomic mass is 16.5. The summed E-state index contributed by atoms with van der Waals surface area (Å²) in [5.74, 6) is 0. The van der Waals surface area contributed by atoms with Gasteiger partial charge in [0.15, 0.2) is 0 Å². The largest absolute Gasteiger partial charge is 0.383 e. The molecule has 1 atom stereocenters. The van der Waals surface area contributed by atoms with Crippen molar-refractivity contribution in [2.45, 2.75) is 51.7 Å². The van der Waals surface area contributed by atoms with E-state index in [-0.39, 0.29) is 0 Å². The van der Waals surface area contributed by atoms with Gasteiger partial charge in [-0.25, -0.2) is 0 Å². The smallest absolute Gasteiger partial charge is 0.0618 e. The Morgan fingerprint density at radius 3 is 2.65 bits per heavy atom. The molecule has 1 spiro atoms. The first kappa shape index (κ1) is 16.9. The van der Waals surface area contributed by atoms with Gasteiger partial charge in [0.05, 0.1) is 12.8 Å². The Bertz CT molecular complexity index is 505. The minimum absolute atomic E-state index is 0.513. The lowest BCUT2D eigenvalue weighted by Crippen LogP contribution is -2.42. The lowest BCUT2D eigenvalue weighted by molar-refractivity contribution is 0.0915. The second-order valence-electron chi connectivity index (χ2n) is 7.88. The van der Waals surface area contributed by atoms with Crippen LogP contribution in [-0.2, 0) is 18.3 Å². The Labute approximate surface area is 140 Å². The Hall–Kier alpha value is -0.910. The molecule has 3 rings (SSSR count). The minimum Gasteiger partial charge on any atom is -0.383 e. The van der Waals surface area contributed by atoms with Gasteiger partial charge in [-0.3, -0.25) is 14.5 Å². The number of piperidine rings is 1. The molecule has 0 N–H and O–H groups in total. The van der Waals surface area contributed by atoms with Gasteiger partial charge in [-0.2, -0.15) is 5.10 Å². The lowest BCUT2D eigenvalue weighted by atomic mass is 9.76. The first-order valence-corrected chi connectivity index (χ1v) is 8.96. The SMILES string of the molecule is COC[C@@H]1CC2(CCN(Cc3cnn(C)c3)CC2)CN1C(C)C. The van der Waals surface area contributed by atoms with E-state index in [1.165, 1.54) is 44.5 Å². The van der Waals surface area contributed by atoms with Gasteiger partial charge >= 0.3 is 0 Å². The van der Waals surface area contributed by atoms with Gasteiger partial charge in [0.25, 0.3) is 0 Å². The summed E-state index contributed by atoms with van der Waals surface area (Å²) in [6, 6.07) is 1.22. The van der Waals surface area contributed by atoms with E-state index in [0.29, 0.717) is 17.5 Å². The molecule has 5 nitrogen and oxygen atoms in total. The first-order valence-electron chi connectivity index (χ1n) is 8.96. The third-order valence-electron chi connectivity index (χ3n) is 5.76. The first-order chi connectivity index (χ1) is 11.0. The van der Waals surface area contributed by atoms with Crippen LogP contribution < -0.4 is 0 Å². The van der Waals surface area contributed by atoms with Crippen molar-refractivity contribution in [3.8, 4) is 0 Å². The van der Waals surface area contributed by atoms with E-state index in [9.17, 15) is 0 Å². The van der Waals surface area contributed by atoms with Crippen LogP contribution in [0.3, 0.4) is 0 Å². The normalized spacial score (nSPS) is 25.7. The van der Waals surface area contributed by atoms with Crippen LogP contribution >= 0.6 is 0 Å². The zero-order chi connectivity index (χ0) is 16.4. The molecule has 23 heavy (non-hydrogen) atoms. The van der Waals surface area contributed by atoms with E-state index in [0.717, 1.165) is 13.2 Å². The molecule has 5 heteroatoms. The molecule has 2 aliphatic heterocycles. The number of aryl methyl sites for hydroxylation is 1. The van der Waals surface area contributed by atoms with Crippen molar-refractivity contribution < 1.29 is 4.74 Å². The number of nitrogens with zero attached hydrogens (tertiary/aromatic N) is 4. The van der Waals surface area contributed by atoms with Gasteiger partial charge in [-0.1, -0.05) is 0 Å². The molecule has 0 amide bonds. The number of hydrogen-bond donors (Lipinski definition) is 0. The number of rotatable bonds is 5. The van der Waals surface area contributed by atoms with E-state index in [1.807, 2.05) is 25.0 Å². The van der Waals surface area contributed by atoms with Crippen LogP contribution in [0.1, 0.15) is 38.7 Å². The summed E-state index contributed by atoms with van der Waals surface area (Å²) in [7, 11) is 3.82. The number of methoxy groups -OCH3 is 1. The molecule has 1 aromatic rings. The van der Waals surface area contributed by atoms with Crippen LogP contribution in [0.15, 0.2) is 12.4 Å². The fraction of sp³-hybridized carbons (Fsp3) is 0.833. The Balaban J connectivity index is 1.57. The number of ether oxygens (including phenoxy) is 1. The summed E-state index contributed by atoms with van der Waals surface area (Å²) >= 11 is 0. The highest BCUT2D eigenvalue weighted by Crippen LogP contribution is 2.44. The topological polar surface area (TPSA) is 33.5 Å². The fourth-order valence-corrected chi connectivity index (χ4v) is 4.51. The predicted molar refractivity (Wildman–Crippen MR) is 92.3 cm³/mol. The van der Waals surface area contributed by atoms with Gasteiger partial charge in [0.2, 0.25) is 0 Å². The van der Waals surface area contributed by atoms with E-state index >= 15 is 0 Å². The molecule has 0 bridgehead atoms. The number of likely N-dealkylation sites (tertiary alicyclic amines) is 2. The van der Waals surface area contributed by atoms with Crippen molar-refractivity contribution in [3.05, 3.63) is 18.0 Å². The van der Waals surface area contributed by atoms with E-state index < -0.39 is 0 Å². The standard InChI is InChI=1S/C18H32N4O/c1-15(2)22-14-18(9-17(22)13-23-4)5-7-21(8-6-18)12-16-10-19-20(3)11-16/h10-11,15,17H,5-9,12-14H2,1-4H3/t17-/m0/s1. The zero-order valence-electron chi connectivity index (χ0n) is 15.2. The average Bonchev–Trinajstić information content (AvgIpc) is 3.07. The Kier molecular flexibility index (Phi) is 5.09. The minimum atomic E-state index is 0.513. The number of hydrogen-bond acceptors (Lipinski definition) is 4. The summed E-state index contributed by atoms with van der Waals surface area (Å²) in [5.41, 5.74) is 1.84. The lowest BCUT2D eigenvalue weighted by Gasteiger charge is -2.39. The second kappa shape index (κ2) is 6.91. The maximum Gasteiger partial charge on any atom is 0.0618 e. The van der Waals surface area contributed by atoms with E-state index in [4.69, 9.17) is 4.74 Å². The summed E-state index contributed by atoms with van der Waals surface area (Å²) in [6.07, 6.45) is 8.07. The van der Waals surface area contributed by atoms with E-state index in [2.05, 4.69) is 34.9 Å². The molecule has 1 aromatic heterocycles. The van der Waals surface area contributed by atoms with Gasteiger partial charge in [0.1, 0.15) is 0 Å². The number of aromatic nitrogens is 2. The Morgan fingerprint density at radius 1 is 1.35 bits per heavy atom. The third kappa shape index (κ3) is 3.78. The summed E-state index contributed by atoms with van der Waals surface area (Å²) in [6.45, 7) is 10.2. The molecular formula is C18H32N4O. The Morgan fingerprint density at radius 2 is 2.09 bits per heavy atom. The molecule has 2 saturated heterocycles. The molecule has 0 unspecified atom stereocenters. The van der Waals surface area contributed by atoms with Crippen LogP contribution in [0.25, 0.3) is 0 Å². The monoisotopic (exact) mass is 320 g/mol. The summed E-state index contributed by atoms with van der Waals surface area (Å²) < 4.78 is 7.38. The van der Waals surface area contributed by atoms with Crippen molar-refractivity contribution in [1.82, 2.24) is 19.6 Å². The molecule has 3 heterocycles. The van der Waals surface area contributed by atoms with Crippen LogP contribution in [-0.4, -0.2) is 65.0 Å². The van der Waals surface area contributed by atoms with Crippen molar-refractivity contribution in [2.75, 3.05) is 33.4 Å². The summed E-state index contributed by atoms with van der Waals surface area (Å²) in [5, 5.41) is 4.28. The van der Waals surface area contributed by atoms with Gasteiger partial charge in [0, 0.05) is 51.1 Å². The molecule has 2 fully saturated rings. The molecule has 0 radical (unpaired) electrons. The van der Waals surface area contributed by atoms with Crippen molar-refractivity contribution in [3.63, 3.8) is 0 Å². The van der Waals surface area contributed by atoms with Gasteiger partial charge < -0.3 is 4.74 Å². The molecule has 130 valence electrons. The van der Waals surface area contributed by atoms with Crippen molar-refractivity contribution in [1.29, 1.82) is 0 Å². The van der Waals surface area contributed by atoms with Crippen LogP contribution in [0.2, 0.25) is 0 Å². The predicted octanol–water partition coefficient (Wildman–Crippen LogP) is 2.13. The fourth-order valence-electron chi connectivity index (χ4n) is 4.51. The van der Waals surface area contributed by atoms with Crippen LogP contribution in [0.5, 0.6) is 0 Å². The van der Waals surface area contributed by atoms with Crippen LogP contribution in [0.4, 0.5) is 0 Å². The van der Waals surface area contributed by atoms with E-state index in [1.54, 1.807) is 0 Å². The quantitative estimate of drug-likeness (QED) is 0.832. The maximum absolute atomic E-state index is 5.48. The van der Waals surface area contributed by atoms with Crippen molar-refractivity contribution >= 4 is 0 Å². The molecule has 2 aliphatic rings. The van der Waals surface area contributed by atoms with Gasteiger partial charge in [-0.05, 0) is 51.6 Å². The average molecular weight is 320 g/mol. The molecular weight excluding hydrogens is 288 g/mol. The zero-order valence-corrected chi connectivity index (χ0v) is 15.2. The van der Waals surface area contributed by atoms with Crippen LogP contribution in [0, 0.1) is 5.41 Å².